The van der Waals surface area contributed by atoms with E-state index in [1.807, 2.05) is 12.1 Å². The molecule has 1 aliphatic rings. The minimum Gasteiger partial charge on any atom is -0.192 e. The Balaban J connectivity index is 2.05. The van der Waals surface area contributed by atoms with Gasteiger partial charge in [0.05, 0.1) is 11.6 Å². The van der Waals surface area contributed by atoms with E-state index in [1.54, 1.807) is 0 Å². The summed E-state index contributed by atoms with van der Waals surface area (Å²) in [6, 6.07) is 10.4. The molecule has 0 amide bonds. The van der Waals surface area contributed by atoms with Gasteiger partial charge in [-0.2, -0.15) is 5.26 Å². The largest absolute Gasteiger partial charge is 0.192 e. The summed E-state index contributed by atoms with van der Waals surface area (Å²) in [5, 5.41) is 8.93. The molecule has 0 spiro atoms. The van der Waals surface area contributed by atoms with Crippen molar-refractivity contribution in [2.45, 2.75) is 57.8 Å². The quantitative estimate of drug-likeness (QED) is 0.602. The first-order chi connectivity index (χ1) is 10.3. The zero-order chi connectivity index (χ0) is 15.1. The van der Waals surface area contributed by atoms with Crippen LogP contribution in [0.1, 0.15) is 68.9 Å². The third-order valence-electron chi connectivity index (χ3n) is 5.05. The summed E-state index contributed by atoms with van der Waals surface area (Å²) in [5.41, 5.74) is 2.13. The molecule has 1 fully saturated rings. The third kappa shape index (κ3) is 4.21. The standard InChI is InChI=1S/C20H27N/c1-3-5-16-7-11-18(12-8-16)20(6-4-2)19-13-9-17(15-21)10-14-19/h4,9-10,13-14,16,18,20H,2-3,5-8,11-12H2,1H3/t16-,18-,20?. The Morgan fingerprint density at radius 2 is 1.90 bits per heavy atom. The molecule has 2 rings (SSSR count). The number of hydrogen-bond donors (Lipinski definition) is 0. The number of nitriles is 1. The molecule has 112 valence electrons. The van der Waals surface area contributed by atoms with E-state index in [1.165, 1.54) is 44.1 Å². The van der Waals surface area contributed by atoms with E-state index >= 15 is 0 Å². The highest BCUT2D eigenvalue weighted by Crippen LogP contribution is 2.41. The van der Waals surface area contributed by atoms with Crippen LogP contribution in [0.25, 0.3) is 0 Å². The van der Waals surface area contributed by atoms with E-state index < -0.39 is 0 Å². The van der Waals surface area contributed by atoms with Gasteiger partial charge in [-0.1, -0.05) is 50.8 Å². The van der Waals surface area contributed by atoms with Crippen molar-refractivity contribution in [2.24, 2.45) is 11.8 Å². The van der Waals surface area contributed by atoms with Gasteiger partial charge in [0.2, 0.25) is 0 Å². The fourth-order valence-corrected chi connectivity index (χ4v) is 3.87. The lowest BCUT2D eigenvalue weighted by Crippen LogP contribution is -2.20. The summed E-state index contributed by atoms with van der Waals surface area (Å²) in [6.45, 7) is 6.24. The molecular formula is C20H27N. The van der Waals surface area contributed by atoms with E-state index in [-0.39, 0.29) is 0 Å². The van der Waals surface area contributed by atoms with Crippen LogP contribution in [0, 0.1) is 23.2 Å². The van der Waals surface area contributed by atoms with Gasteiger partial charge in [-0.15, -0.1) is 6.58 Å². The lowest BCUT2D eigenvalue weighted by Gasteiger charge is -2.34. The molecule has 1 aliphatic carbocycles. The van der Waals surface area contributed by atoms with Crippen molar-refractivity contribution in [3.8, 4) is 6.07 Å². The van der Waals surface area contributed by atoms with Crippen LogP contribution in [0.3, 0.4) is 0 Å². The Hall–Kier alpha value is -1.55. The minimum atomic E-state index is 0.581. The monoisotopic (exact) mass is 281 g/mol. The van der Waals surface area contributed by atoms with Gasteiger partial charge in [-0.25, -0.2) is 0 Å². The molecule has 21 heavy (non-hydrogen) atoms. The topological polar surface area (TPSA) is 23.8 Å². The van der Waals surface area contributed by atoms with Gasteiger partial charge in [-0.3, -0.25) is 0 Å². The van der Waals surface area contributed by atoms with E-state index in [2.05, 4.69) is 37.8 Å². The number of nitrogens with zero attached hydrogens (tertiary/aromatic N) is 1. The predicted octanol–water partition coefficient (Wildman–Crippen LogP) is 5.82. The summed E-state index contributed by atoms with van der Waals surface area (Å²) in [7, 11) is 0. The zero-order valence-electron chi connectivity index (χ0n) is 13.2. The first kappa shape index (κ1) is 15.8. The molecule has 0 radical (unpaired) electrons. The Labute approximate surface area is 129 Å². The molecule has 1 heteroatoms. The molecule has 1 nitrogen and oxygen atoms in total. The van der Waals surface area contributed by atoms with E-state index in [9.17, 15) is 0 Å². The van der Waals surface area contributed by atoms with Crippen molar-refractivity contribution < 1.29 is 0 Å². The SMILES string of the molecule is C=CCC(c1ccc(C#N)cc1)[C@H]1CC[C@H](CCC)CC1. The highest BCUT2D eigenvalue weighted by molar-refractivity contribution is 5.33. The molecule has 0 saturated heterocycles. The number of benzene rings is 1. The van der Waals surface area contributed by atoms with Crippen molar-refractivity contribution in [1.82, 2.24) is 0 Å². The lowest BCUT2D eigenvalue weighted by atomic mass is 9.71. The summed E-state index contributed by atoms with van der Waals surface area (Å²) >= 11 is 0. The average molecular weight is 281 g/mol. The molecule has 1 aromatic carbocycles. The molecule has 1 atom stereocenters. The molecule has 0 heterocycles. The zero-order valence-corrected chi connectivity index (χ0v) is 13.2. The number of allylic oxidation sites excluding steroid dienone is 1. The Morgan fingerprint density at radius 3 is 2.43 bits per heavy atom. The maximum Gasteiger partial charge on any atom is 0.0991 e. The molecule has 1 saturated carbocycles. The second-order valence-electron chi connectivity index (χ2n) is 6.43. The Morgan fingerprint density at radius 1 is 1.24 bits per heavy atom. The van der Waals surface area contributed by atoms with Crippen LogP contribution in [0.15, 0.2) is 36.9 Å². The van der Waals surface area contributed by atoms with Crippen molar-refractivity contribution in [2.75, 3.05) is 0 Å². The van der Waals surface area contributed by atoms with Crippen molar-refractivity contribution in [3.05, 3.63) is 48.0 Å². The van der Waals surface area contributed by atoms with Crippen LogP contribution in [-0.4, -0.2) is 0 Å². The Bertz CT molecular complexity index is 472. The van der Waals surface area contributed by atoms with Crippen LogP contribution < -0.4 is 0 Å². The highest BCUT2D eigenvalue weighted by atomic mass is 14.3. The lowest BCUT2D eigenvalue weighted by molar-refractivity contribution is 0.232. The second-order valence-corrected chi connectivity index (χ2v) is 6.43. The fraction of sp³-hybridized carbons (Fsp3) is 0.550. The summed E-state index contributed by atoms with van der Waals surface area (Å²) < 4.78 is 0. The molecule has 1 aromatic rings. The maximum atomic E-state index is 8.93. The van der Waals surface area contributed by atoms with Crippen LogP contribution >= 0.6 is 0 Å². The third-order valence-corrected chi connectivity index (χ3v) is 5.05. The maximum absolute atomic E-state index is 8.93. The average Bonchev–Trinajstić information content (AvgIpc) is 2.54. The molecule has 0 aliphatic heterocycles. The molecule has 0 bridgehead atoms. The van der Waals surface area contributed by atoms with E-state index in [4.69, 9.17) is 5.26 Å². The van der Waals surface area contributed by atoms with E-state index in [0.717, 1.165) is 23.8 Å². The van der Waals surface area contributed by atoms with Gasteiger partial charge in [0, 0.05) is 0 Å². The molecule has 1 unspecified atom stereocenters. The summed E-state index contributed by atoms with van der Waals surface area (Å²) in [6.07, 6.45) is 11.3. The molecular weight excluding hydrogens is 254 g/mol. The van der Waals surface area contributed by atoms with Crippen molar-refractivity contribution in [1.29, 1.82) is 5.26 Å². The van der Waals surface area contributed by atoms with Gasteiger partial charge in [0.1, 0.15) is 0 Å². The van der Waals surface area contributed by atoms with Crippen LogP contribution in [0.5, 0.6) is 0 Å². The van der Waals surface area contributed by atoms with Crippen LogP contribution in [-0.2, 0) is 0 Å². The fourth-order valence-electron chi connectivity index (χ4n) is 3.87. The van der Waals surface area contributed by atoms with Crippen molar-refractivity contribution in [3.63, 3.8) is 0 Å². The minimum absolute atomic E-state index is 0.581. The number of hydrogen-bond acceptors (Lipinski definition) is 1. The van der Waals surface area contributed by atoms with Gasteiger partial charge in [-0.05, 0) is 54.7 Å². The van der Waals surface area contributed by atoms with Crippen LogP contribution in [0.2, 0.25) is 0 Å². The first-order valence-electron chi connectivity index (χ1n) is 8.39. The van der Waals surface area contributed by atoms with Crippen molar-refractivity contribution >= 4 is 0 Å². The Kier molecular flexibility index (Phi) is 6.05. The predicted molar refractivity (Wildman–Crippen MR) is 89.1 cm³/mol. The number of rotatable bonds is 6. The van der Waals surface area contributed by atoms with E-state index in [0.29, 0.717) is 5.92 Å². The first-order valence-corrected chi connectivity index (χ1v) is 8.39. The summed E-state index contributed by atoms with van der Waals surface area (Å²) in [4.78, 5) is 0. The molecule has 0 aromatic heterocycles. The van der Waals surface area contributed by atoms with Gasteiger partial charge in [0.15, 0.2) is 0 Å². The second kappa shape index (κ2) is 8.03. The highest BCUT2D eigenvalue weighted by Gasteiger charge is 2.27. The molecule has 0 N–H and O–H groups in total. The summed E-state index contributed by atoms with van der Waals surface area (Å²) in [5.74, 6) is 2.32. The van der Waals surface area contributed by atoms with Gasteiger partial charge >= 0.3 is 0 Å². The smallest absolute Gasteiger partial charge is 0.0991 e. The van der Waals surface area contributed by atoms with Crippen LogP contribution in [0.4, 0.5) is 0 Å². The van der Waals surface area contributed by atoms with Gasteiger partial charge in [0.25, 0.3) is 0 Å². The van der Waals surface area contributed by atoms with Gasteiger partial charge < -0.3 is 0 Å². The normalized spacial score (nSPS) is 23.2.